The Hall–Kier alpha value is -2.83. The molecule has 0 amide bonds. The van der Waals surface area contributed by atoms with Crippen molar-refractivity contribution in [3.8, 4) is 11.4 Å². The number of anilines is 2. The third-order valence-corrected chi connectivity index (χ3v) is 4.56. The molecule has 0 aliphatic rings. The summed E-state index contributed by atoms with van der Waals surface area (Å²) in [7, 11) is 0. The topological polar surface area (TPSA) is 78.5 Å². The molecule has 0 atom stereocenters. The van der Waals surface area contributed by atoms with Crippen molar-refractivity contribution in [3.63, 3.8) is 0 Å². The molecule has 0 aliphatic carbocycles. The predicted octanol–water partition coefficient (Wildman–Crippen LogP) is 4.85. The highest BCUT2D eigenvalue weighted by Gasteiger charge is 2.12. The van der Waals surface area contributed by atoms with Crippen LogP contribution >= 0.6 is 23.2 Å². The number of fused-ring (bicyclic) bond motifs is 1. The molecular weight excluding hydrogens is 383 g/mol. The molecule has 2 aromatic carbocycles. The number of H-pyrrole nitrogens is 1. The molecule has 3 N–H and O–H groups in total. The molecule has 0 saturated carbocycles. The highest BCUT2D eigenvalue weighted by atomic mass is 35.5. The number of hydrogen-bond acceptors (Lipinski definition) is 5. The van der Waals surface area contributed by atoms with Gasteiger partial charge in [-0.3, -0.25) is 5.10 Å². The molecule has 6 nitrogen and oxygen atoms in total. The molecule has 0 radical (unpaired) electrons. The third kappa shape index (κ3) is 3.97. The van der Waals surface area contributed by atoms with Gasteiger partial charge in [0.15, 0.2) is 5.82 Å². The average Bonchev–Trinajstić information content (AvgIpc) is 3.18. The average molecular weight is 399 g/mol. The molecule has 27 heavy (non-hydrogen) atoms. The van der Waals surface area contributed by atoms with Gasteiger partial charge in [0.25, 0.3) is 0 Å². The standard InChI is InChI=1S/C19H16Cl2N6/c20-12-5-6-13(15(21)11-12)19-25-16-4-2-1-3-14(16)18(26-19)23-10-9-22-17-7-8-24-27-17/h1-8,11H,9-10H2,(H2,22,24,27)(H,23,25,26). The Balaban J connectivity index is 1.62. The first-order chi connectivity index (χ1) is 13.2. The molecular formula is C19H16Cl2N6. The highest BCUT2D eigenvalue weighted by molar-refractivity contribution is 6.36. The van der Waals surface area contributed by atoms with Crippen LogP contribution < -0.4 is 10.6 Å². The molecule has 0 aliphatic heterocycles. The summed E-state index contributed by atoms with van der Waals surface area (Å²) in [4.78, 5) is 9.36. The van der Waals surface area contributed by atoms with E-state index in [1.807, 2.05) is 36.4 Å². The highest BCUT2D eigenvalue weighted by Crippen LogP contribution is 2.31. The van der Waals surface area contributed by atoms with Crippen molar-refractivity contribution in [2.24, 2.45) is 0 Å². The quantitative estimate of drug-likeness (QED) is 0.404. The van der Waals surface area contributed by atoms with E-state index in [1.165, 1.54) is 0 Å². The fraction of sp³-hybridized carbons (Fsp3) is 0.105. The first kappa shape index (κ1) is 17.6. The van der Waals surface area contributed by atoms with Crippen LogP contribution in [0.3, 0.4) is 0 Å². The van der Waals surface area contributed by atoms with E-state index >= 15 is 0 Å². The van der Waals surface area contributed by atoms with Gasteiger partial charge in [-0.2, -0.15) is 5.10 Å². The summed E-state index contributed by atoms with van der Waals surface area (Å²) in [6.45, 7) is 1.38. The summed E-state index contributed by atoms with van der Waals surface area (Å²) >= 11 is 12.4. The van der Waals surface area contributed by atoms with Crippen LogP contribution in [-0.4, -0.2) is 33.3 Å². The van der Waals surface area contributed by atoms with E-state index in [0.717, 1.165) is 28.1 Å². The van der Waals surface area contributed by atoms with Crippen LogP contribution in [0, 0.1) is 0 Å². The van der Waals surface area contributed by atoms with Crippen molar-refractivity contribution >= 4 is 45.7 Å². The Morgan fingerprint density at radius 1 is 0.926 bits per heavy atom. The van der Waals surface area contributed by atoms with E-state index < -0.39 is 0 Å². The lowest BCUT2D eigenvalue weighted by Crippen LogP contribution is -2.15. The summed E-state index contributed by atoms with van der Waals surface area (Å²) in [5.74, 6) is 2.19. The Bertz CT molecular complexity index is 1070. The number of para-hydroxylation sites is 1. The molecule has 2 aromatic heterocycles. The predicted molar refractivity (Wildman–Crippen MR) is 111 cm³/mol. The lowest BCUT2D eigenvalue weighted by atomic mass is 10.2. The van der Waals surface area contributed by atoms with Crippen molar-refractivity contribution in [3.05, 3.63) is 64.8 Å². The molecule has 0 fully saturated rings. The molecule has 4 aromatic rings. The van der Waals surface area contributed by atoms with Gasteiger partial charge in [0.2, 0.25) is 0 Å². The zero-order chi connectivity index (χ0) is 18.6. The van der Waals surface area contributed by atoms with Crippen molar-refractivity contribution < 1.29 is 0 Å². The summed E-state index contributed by atoms with van der Waals surface area (Å²) in [6, 6.07) is 15.0. The molecule has 8 heteroatoms. The van der Waals surface area contributed by atoms with Crippen molar-refractivity contribution in [1.29, 1.82) is 0 Å². The number of halogens is 2. The fourth-order valence-electron chi connectivity index (χ4n) is 2.74. The van der Waals surface area contributed by atoms with Gasteiger partial charge in [0, 0.05) is 29.1 Å². The maximum atomic E-state index is 6.35. The smallest absolute Gasteiger partial charge is 0.163 e. The zero-order valence-corrected chi connectivity index (χ0v) is 15.7. The van der Waals surface area contributed by atoms with Gasteiger partial charge in [-0.25, -0.2) is 9.97 Å². The van der Waals surface area contributed by atoms with E-state index in [9.17, 15) is 0 Å². The lowest BCUT2D eigenvalue weighted by Gasteiger charge is -2.12. The van der Waals surface area contributed by atoms with E-state index in [0.29, 0.717) is 29.0 Å². The number of nitrogens with one attached hydrogen (secondary N) is 3. The Morgan fingerprint density at radius 2 is 1.78 bits per heavy atom. The number of benzene rings is 2. The minimum Gasteiger partial charge on any atom is -0.369 e. The SMILES string of the molecule is Clc1ccc(-c2nc(NCCNc3ccn[nH]3)c3ccccc3n2)c(Cl)c1. The fourth-order valence-corrected chi connectivity index (χ4v) is 3.23. The maximum Gasteiger partial charge on any atom is 0.163 e. The van der Waals surface area contributed by atoms with Crippen LogP contribution in [0.5, 0.6) is 0 Å². The van der Waals surface area contributed by atoms with Crippen LogP contribution in [0.2, 0.25) is 10.0 Å². The normalized spacial score (nSPS) is 10.9. The van der Waals surface area contributed by atoms with Crippen LogP contribution in [0.4, 0.5) is 11.6 Å². The van der Waals surface area contributed by atoms with Crippen molar-refractivity contribution in [2.45, 2.75) is 0 Å². The summed E-state index contributed by atoms with van der Waals surface area (Å²) < 4.78 is 0. The molecule has 0 unspecified atom stereocenters. The molecule has 136 valence electrons. The zero-order valence-electron chi connectivity index (χ0n) is 14.2. The van der Waals surface area contributed by atoms with E-state index in [-0.39, 0.29) is 0 Å². The molecule has 0 saturated heterocycles. The maximum absolute atomic E-state index is 6.35. The second kappa shape index (κ2) is 7.82. The number of nitrogens with zero attached hydrogens (tertiary/aromatic N) is 3. The minimum absolute atomic E-state index is 0.518. The van der Waals surface area contributed by atoms with Crippen LogP contribution in [0.15, 0.2) is 54.7 Å². The van der Waals surface area contributed by atoms with Gasteiger partial charge in [-0.15, -0.1) is 0 Å². The molecule has 0 spiro atoms. The van der Waals surface area contributed by atoms with Crippen LogP contribution in [-0.2, 0) is 0 Å². The van der Waals surface area contributed by atoms with Crippen molar-refractivity contribution in [1.82, 2.24) is 20.2 Å². The second-order valence-electron chi connectivity index (χ2n) is 5.86. The monoisotopic (exact) mass is 398 g/mol. The number of hydrogen-bond donors (Lipinski definition) is 3. The van der Waals surface area contributed by atoms with Gasteiger partial charge >= 0.3 is 0 Å². The van der Waals surface area contributed by atoms with E-state index in [2.05, 4.69) is 25.8 Å². The molecule has 0 bridgehead atoms. The van der Waals surface area contributed by atoms with E-state index in [1.54, 1.807) is 18.3 Å². The Morgan fingerprint density at radius 3 is 2.59 bits per heavy atom. The second-order valence-corrected chi connectivity index (χ2v) is 6.70. The Labute approximate surface area is 165 Å². The Kier molecular flexibility index (Phi) is 5.09. The van der Waals surface area contributed by atoms with Crippen molar-refractivity contribution in [2.75, 3.05) is 23.7 Å². The van der Waals surface area contributed by atoms with Crippen LogP contribution in [0.1, 0.15) is 0 Å². The van der Waals surface area contributed by atoms with Gasteiger partial charge in [0.05, 0.1) is 16.7 Å². The number of aromatic nitrogens is 4. The molecule has 2 heterocycles. The molecule has 4 rings (SSSR count). The largest absolute Gasteiger partial charge is 0.369 e. The van der Waals surface area contributed by atoms with Gasteiger partial charge in [0.1, 0.15) is 11.6 Å². The van der Waals surface area contributed by atoms with E-state index in [4.69, 9.17) is 28.2 Å². The van der Waals surface area contributed by atoms with Gasteiger partial charge in [-0.05, 0) is 36.4 Å². The first-order valence-electron chi connectivity index (χ1n) is 8.40. The first-order valence-corrected chi connectivity index (χ1v) is 9.15. The summed E-state index contributed by atoms with van der Waals surface area (Å²) in [5, 5.41) is 15.4. The van der Waals surface area contributed by atoms with Crippen LogP contribution in [0.25, 0.3) is 22.3 Å². The lowest BCUT2D eigenvalue weighted by molar-refractivity contribution is 1.02. The number of rotatable bonds is 6. The minimum atomic E-state index is 0.518. The third-order valence-electron chi connectivity index (χ3n) is 4.01. The van der Waals surface area contributed by atoms with Gasteiger partial charge < -0.3 is 10.6 Å². The summed E-state index contributed by atoms with van der Waals surface area (Å²) in [5.41, 5.74) is 1.59. The number of aromatic amines is 1. The summed E-state index contributed by atoms with van der Waals surface area (Å²) in [6.07, 6.45) is 1.70. The van der Waals surface area contributed by atoms with Gasteiger partial charge in [-0.1, -0.05) is 35.3 Å².